The highest BCUT2D eigenvalue weighted by Gasteiger charge is 2.16. The number of benzene rings is 2. The van der Waals surface area contributed by atoms with E-state index >= 15 is 0 Å². The summed E-state index contributed by atoms with van der Waals surface area (Å²) in [4.78, 5) is 12.2. The van der Waals surface area contributed by atoms with Crippen molar-refractivity contribution in [2.75, 3.05) is 0 Å². The van der Waals surface area contributed by atoms with E-state index in [1.54, 1.807) is 18.3 Å². The third-order valence-corrected chi connectivity index (χ3v) is 5.28. The summed E-state index contributed by atoms with van der Waals surface area (Å²) < 4.78 is 0. The molecule has 0 heterocycles. The zero-order valence-electron chi connectivity index (χ0n) is 15.4. The lowest BCUT2D eigenvalue weighted by Crippen LogP contribution is -2.17. The number of halogens is 1. The van der Waals surface area contributed by atoms with Gasteiger partial charge >= 0.3 is 0 Å². The fraction of sp³-hybridized carbons (Fsp3) is 0.273. The second-order valence-corrected chi connectivity index (χ2v) is 7.23. The van der Waals surface area contributed by atoms with Crippen molar-refractivity contribution in [2.24, 2.45) is 5.10 Å². The van der Waals surface area contributed by atoms with E-state index in [9.17, 15) is 4.79 Å². The van der Waals surface area contributed by atoms with Crippen molar-refractivity contribution in [1.29, 1.82) is 0 Å². The van der Waals surface area contributed by atoms with E-state index in [0.29, 0.717) is 5.56 Å². The summed E-state index contributed by atoms with van der Waals surface area (Å²) in [6.07, 6.45) is 4.53. The Morgan fingerprint density at radius 2 is 1.77 bits per heavy atom. The van der Waals surface area contributed by atoms with Crippen molar-refractivity contribution in [3.8, 4) is 0 Å². The molecule has 1 amide bonds. The maximum Gasteiger partial charge on any atom is 0.271 e. The first kappa shape index (κ1) is 18.4. The molecule has 1 aliphatic carbocycles. The highest BCUT2D eigenvalue weighted by molar-refractivity contribution is 6.50. The van der Waals surface area contributed by atoms with Gasteiger partial charge in [-0.1, -0.05) is 35.4 Å². The number of hydrogen-bond acceptors (Lipinski definition) is 2. The van der Waals surface area contributed by atoms with Gasteiger partial charge in [-0.2, -0.15) is 5.10 Å². The van der Waals surface area contributed by atoms with Gasteiger partial charge in [0.1, 0.15) is 0 Å². The van der Waals surface area contributed by atoms with Gasteiger partial charge in [0, 0.05) is 5.56 Å². The summed E-state index contributed by atoms with van der Waals surface area (Å²) in [6, 6.07) is 11.8. The molecule has 26 heavy (non-hydrogen) atoms. The van der Waals surface area contributed by atoms with E-state index in [4.69, 9.17) is 11.6 Å². The van der Waals surface area contributed by atoms with Crippen LogP contribution >= 0.6 is 11.6 Å². The zero-order chi connectivity index (χ0) is 18.7. The highest BCUT2D eigenvalue weighted by atomic mass is 35.5. The SMILES string of the molecule is Cc1ccc(C(=O)N/N=C/C2=C(Cl)c3cc(C)c(C)cc3CCC2)cc1. The van der Waals surface area contributed by atoms with E-state index in [2.05, 4.69) is 36.5 Å². The van der Waals surface area contributed by atoms with E-state index in [1.807, 2.05) is 19.1 Å². The van der Waals surface area contributed by atoms with E-state index < -0.39 is 0 Å². The van der Waals surface area contributed by atoms with E-state index in [-0.39, 0.29) is 5.91 Å². The molecule has 0 unspecified atom stereocenters. The minimum Gasteiger partial charge on any atom is -0.267 e. The molecule has 2 aromatic rings. The van der Waals surface area contributed by atoms with Crippen LogP contribution in [0.4, 0.5) is 0 Å². The molecule has 134 valence electrons. The van der Waals surface area contributed by atoms with Gasteiger partial charge in [0.2, 0.25) is 0 Å². The summed E-state index contributed by atoms with van der Waals surface area (Å²) in [7, 11) is 0. The Balaban J connectivity index is 1.79. The number of carbonyl (C=O) groups is 1. The summed E-state index contributed by atoms with van der Waals surface area (Å²) >= 11 is 6.67. The summed E-state index contributed by atoms with van der Waals surface area (Å²) in [5, 5.41) is 4.86. The quantitative estimate of drug-likeness (QED) is 0.580. The number of nitrogens with one attached hydrogen (secondary N) is 1. The normalized spacial score (nSPS) is 14.3. The predicted molar refractivity (Wildman–Crippen MR) is 109 cm³/mol. The van der Waals surface area contributed by atoms with Gasteiger partial charge in [0.25, 0.3) is 5.91 Å². The van der Waals surface area contributed by atoms with Crippen LogP contribution in [0, 0.1) is 20.8 Å². The number of nitrogens with zero attached hydrogens (tertiary/aromatic N) is 1. The van der Waals surface area contributed by atoms with Gasteiger partial charge in [0.15, 0.2) is 0 Å². The Morgan fingerprint density at radius 3 is 2.50 bits per heavy atom. The molecule has 2 aromatic carbocycles. The molecule has 3 rings (SSSR count). The first-order valence-electron chi connectivity index (χ1n) is 8.85. The Hall–Kier alpha value is -2.39. The molecule has 0 radical (unpaired) electrons. The number of carbonyl (C=O) groups excluding carboxylic acids is 1. The number of allylic oxidation sites excluding steroid dienone is 1. The van der Waals surface area contributed by atoms with Crippen LogP contribution in [0.3, 0.4) is 0 Å². The van der Waals surface area contributed by atoms with Gasteiger partial charge < -0.3 is 0 Å². The molecular weight excluding hydrogens is 344 g/mol. The molecular formula is C22H23ClN2O. The molecule has 1 N–H and O–H groups in total. The average Bonchev–Trinajstić information content (AvgIpc) is 2.76. The van der Waals surface area contributed by atoms with Crippen LogP contribution < -0.4 is 5.43 Å². The van der Waals surface area contributed by atoms with Crippen LogP contribution in [0.2, 0.25) is 0 Å². The van der Waals surface area contributed by atoms with Gasteiger partial charge in [-0.3, -0.25) is 4.79 Å². The third kappa shape index (κ3) is 4.05. The van der Waals surface area contributed by atoms with Gasteiger partial charge in [-0.25, -0.2) is 5.43 Å². The summed E-state index contributed by atoms with van der Waals surface area (Å²) in [6.45, 7) is 6.21. The minimum atomic E-state index is -0.224. The molecule has 3 nitrogen and oxygen atoms in total. The monoisotopic (exact) mass is 366 g/mol. The molecule has 0 bridgehead atoms. The van der Waals surface area contributed by atoms with Crippen molar-refractivity contribution in [3.63, 3.8) is 0 Å². The highest BCUT2D eigenvalue weighted by Crippen LogP contribution is 2.33. The topological polar surface area (TPSA) is 41.5 Å². The van der Waals surface area contributed by atoms with Crippen molar-refractivity contribution in [2.45, 2.75) is 40.0 Å². The molecule has 4 heteroatoms. The zero-order valence-corrected chi connectivity index (χ0v) is 16.2. The Bertz CT molecular complexity index is 895. The van der Waals surface area contributed by atoms with Crippen LogP contribution in [0.25, 0.3) is 5.03 Å². The average molecular weight is 367 g/mol. The lowest BCUT2D eigenvalue weighted by Gasteiger charge is -2.10. The second kappa shape index (κ2) is 7.88. The molecule has 0 saturated heterocycles. The lowest BCUT2D eigenvalue weighted by atomic mass is 9.98. The summed E-state index contributed by atoms with van der Waals surface area (Å²) in [5.74, 6) is -0.224. The van der Waals surface area contributed by atoms with Gasteiger partial charge in [0.05, 0.1) is 11.2 Å². The maximum atomic E-state index is 12.2. The smallest absolute Gasteiger partial charge is 0.267 e. The minimum absolute atomic E-state index is 0.224. The predicted octanol–water partition coefficient (Wildman–Crippen LogP) is 5.31. The van der Waals surface area contributed by atoms with E-state index in [1.165, 1.54) is 16.7 Å². The number of aryl methyl sites for hydroxylation is 4. The molecule has 0 spiro atoms. The lowest BCUT2D eigenvalue weighted by molar-refractivity contribution is 0.0955. The summed E-state index contributed by atoms with van der Waals surface area (Å²) in [5.41, 5.74) is 10.1. The van der Waals surface area contributed by atoms with Crippen LogP contribution in [0.1, 0.15) is 51.0 Å². The Morgan fingerprint density at radius 1 is 1.08 bits per heavy atom. The molecule has 0 saturated carbocycles. The van der Waals surface area contributed by atoms with Crippen LogP contribution in [-0.2, 0) is 6.42 Å². The first-order chi connectivity index (χ1) is 12.5. The van der Waals surface area contributed by atoms with Crippen molar-refractivity contribution in [1.82, 2.24) is 5.43 Å². The molecule has 1 aliphatic rings. The Kier molecular flexibility index (Phi) is 5.58. The van der Waals surface area contributed by atoms with Crippen LogP contribution in [0.5, 0.6) is 0 Å². The number of rotatable bonds is 3. The fourth-order valence-corrected chi connectivity index (χ4v) is 3.42. The largest absolute Gasteiger partial charge is 0.271 e. The Labute approximate surface area is 159 Å². The molecule has 0 aromatic heterocycles. The van der Waals surface area contributed by atoms with Crippen molar-refractivity contribution >= 4 is 28.8 Å². The number of hydrogen-bond donors (Lipinski definition) is 1. The van der Waals surface area contributed by atoms with Crippen LogP contribution in [-0.4, -0.2) is 12.1 Å². The van der Waals surface area contributed by atoms with Crippen LogP contribution in [0.15, 0.2) is 47.1 Å². The molecule has 0 aliphatic heterocycles. The fourth-order valence-electron chi connectivity index (χ4n) is 3.10. The van der Waals surface area contributed by atoms with Crippen molar-refractivity contribution < 1.29 is 4.79 Å². The number of hydrazone groups is 1. The van der Waals surface area contributed by atoms with E-state index in [0.717, 1.165) is 41.0 Å². The van der Waals surface area contributed by atoms with Gasteiger partial charge in [-0.15, -0.1) is 0 Å². The molecule has 0 fully saturated rings. The maximum absolute atomic E-state index is 12.2. The number of fused-ring (bicyclic) bond motifs is 1. The first-order valence-corrected chi connectivity index (χ1v) is 9.22. The van der Waals surface area contributed by atoms with Gasteiger partial charge in [-0.05, 0) is 86.1 Å². The third-order valence-electron chi connectivity index (χ3n) is 4.83. The molecule has 0 atom stereocenters. The second-order valence-electron chi connectivity index (χ2n) is 6.85. The number of amides is 1. The van der Waals surface area contributed by atoms with Crippen molar-refractivity contribution in [3.05, 3.63) is 75.4 Å². The standard InChI is InChI=1S/C22H23ClN2O/c1-14-7-9-17(10-8-14)22(26)25-24-13-19-6-4-5-18-11-15(2)16(3)12-20(18)21(19)23/h7-13H,4-6H2,1-3H3,(H,25,26)/b24-13+.